The Morgan fingerprint density at radius 3 is 2.30 bits per heavy atom. The molecule has 0 rings (SSSR count). The minimum atomic E-state index is -3.42. The minimum Gasteiger partial charge on any atom is -1.00 e. The Kier molecular flexibility index (Phi) is 7.69. The van der Waals surface area contributed by atoms with Crippen LogP contribution in [0, 0.1) is 0 Å². The van der Waals surface area contributed by atoms with Crippen LogP contribution in [-0.4, -0.2) is 14.2 Å². The van der Waals surface area contributed by atoms with E-state index in [4.69, 9.17) is 0 Å². The minimum absolute atomic E-state index is 0. The van der Waals surface area contributed by atoms with Crippen molar-refractivity contribution < 1.29 is 43.6 Å². The van der Waals surface area contributed by atoms with Crippen molar-refractivity contribution in [3.63, 3.8) is 0 Å². The molecule has 5 heteroatoms. The molecule has 10 heavy (non-hydrogen) atoms. The first-order chi connectivity index (χ1) is 4.12. The zero-order chi connectivity index (χ0) is 7.33. The largest absolute Gasteiger partial charge is 1.00 e. The molecule has 0 radical (unpaired) electrons. The van der Waals surface area contributed by atoms with Crippen LogP contribution in [0.4, 0.5) is 0 Å². The van der Waals surface area contributed by atoms with Gasteiger partial charge in [-0.15, -0.1) is 6.58 Å². The van der Waals surface area contributed by atoms with Gasteiger partial charge in [-0.3, -0.25) is 0 Å². The van der Waals surface area contributed by atoms with E-state index in [1.807, 2.05) is 0 Å². The fourth-order valence-corrected chi connectivity index (χ4v) is 0.862. The summed E-state index contributed by atoms with van der Waals surface area (Å²) < 4.78 is 25.1. The molecule has 0 saturated heterocycles. The van der Waals surface area contributed by atoms with Gasteiger partial charge in [0.2, 0.25) is 0 Å². The van der Waals surface area contributed by atoms with Gasteiger partial charge < -0.3 is 5.61 Å². The topological polar surface area (TPSA) is 43.4 Å². The molecule has 0 aromatic carbocycles. The summed E-state index contributed by atoms with van der Waals surface area (Å²) in [5, 5.41) is 0. The van der Waals surface area contributed by atoms with Crippen molar-refractivity contribution in [1.29, 1.82) is 0 Å². The van der Waals surface area contributed by atoms with Crippen LogP contribution in [0.2, 0.25) is 0 Å². The molecular formula is C5H9NaO3S. The third-order valence-corrected chi connectivity index (χ3v) is 1.61. The third kappa shape index (κ3) is 6.35. The Labute approximate surface area is 84.7 Å². The first kappa shape index (κ1) is 12.9. The van der Waals surface area contributed by atoms with E-state index in [9.17, 15) is 8.42 Å². The molecule has 0 spiro atoms. The summed E-state index contributed by atoms with van der Waals surface area (Å²) in [5.41, 5.74) is 0. The Balaban J connectivity index is -0.000000320. The summed E-state index contributed by atoms with van der Waals surface area (Å²) in [6.45, 7) is 6.33. The van der Waals surface area contributed by atoms with Gasteiger partial charge in [0.05, 0.1) is 6.26 Å². The van der Waals surface area contributed by atoms with Gasteiger partial charge in [0.15, 0.2) is 0 Å². The first-order valence-corrected chi connectivity index (χ1v) is 3.83. The summed E-state index contributed by atoms with van der Waals surface area (Å²) in [6.07, 6.45) is 2.12. The van der Waals surface area contributed by atoms with Gasteiger partial charge in [0, 0.05) is 0 Å². The average Bonchev–Trinajstić information content (AvgIpc) is 1.64. The fraction of sp³-hybridized carbons (Fsp3) is 0.200. The Morgan fingerprint density at radius 1 is 1.50 bits per heavy atom. The van der Waals surface area contributed by atoms with E-state index in [0.29, 0.717) is 0 Å². The third-order valence-electron chi connectivity index (χ3n) is 0.537. The van der Waals surface area contributed by atoms with E-state index in [2.05, 4.69) is 17.3 Å². The van der Waals surface area contributed by atoms with E-state index >= 15 is 0 Å². The van der Waals surface area contributed by atoms with Gasteiger partial charge in [-0.25, -0.2) is 0 Å². The SMILES string of the molecule is C=CCS(=O)(=O)OC=C.[H-].[Na+]. The van der Waals surface area contributed by atoms with Crippen LogP contribution >= 0.6 is 0 Å². The molecule has 54 valence electrons. The van der Waals surface area contributed by atoms with Crippen molar-refractivity contribution in [3.05, 3.63) is 25.5 Å². The number of rotatable bonds is 4. The van der Waals surface area contributed by atoms with E-state index in [1.54, 1.807) is 0 Å². The maximum Gasteiger partial charge on any atom is 1.00 e. The van der Waals surface area contributed by atoms with Crippen LogP contribution in [0.25, 0.3) is 0 Å². The average molecular weight is 172 g/mol. The molecule has 0 bridgehead atoms. The molecule has 0 saturated carbocycles. The monoisotopic (exact) mass is 172 g/mol. The molecule has 0 N–H and O–H groups in total. The Bertz CT molecular complexity index is 184. The first-order valence-electron chi connectivity index (χ1n) is 2.25. The fourth-order valence-electron chi connectivity index (χ4n) is 0.287. The van der Waals surface area contributed by atoms with E-state index in [-0.39, 0.29) is 36.7 Å². The van der Waals surface area contributed by atoms with Crippen molar-refractivity contribution in [3.8, 4) is 0 Å². The zero-order valence-electron chi connectivity index (χ0n) is 6.91. The molecule has 0 heterocycles. The van der Waals surface area contributed by atoms with Gasteiger partial charge in [0.1, 0.15) is 5.75 Å². The summed E-state index contributed by atoms with van der Waals surface area (Å²) in [5.74, 6) is -0.182. The molecule has 0 aromatic rings. The molecule has 0 atom stereocenters. The molecule has 0 aliphatic heterocycles. The Hall–Kier alpha value is 0.230. The zero-order valence-corrected chi connectivity index (χ0v) is 8.73. The van der Waals surface area contributed by atoms with Crippen molar-refractivity contribution in [1.82, 2.24) is 0 Å². The van der Waals surface area contributed by atoms with Gasteiger partial charge in [-0.1, -0.05) is 12.7 Å². The van der Waals surface area contributed by atoms with E-state index < -0.39 is 10.1 Å². The molecule has 0 aliphatic carbocycles. The van der Waals surface area contributed by atoms with Gasteiger partial charge in [-0.05, 0) is 0 Å². The molecular weight excluding hydrogens is 163 g/mol. The maximum atomic E-state index is 10.5. The molecule has 3 nitrogen and oxygen atoms in total. The van der Waals surface area contributed by atoms with Crippen LogP contribution in [0.1, 0.15) is 1.43 Å². The summed E-state index contributed by atoms with van der Waals surface area (Å²) in [6, 6.07) is 0. The van der Waals surface area contributed by atoms with Crippen molar-refractivity contribution in [2.24, 2.45) is 0 Å². The van der Waals surface area contributed by atoms with Crippen molar-refractivity contribution in [2.75, 3.05) is 5.75 Å². The van der Waals surface area contributed by atoms with Gasteiger partial charge in [0.25, 0.3) is 0 Å². The van der Waals surface area contributed by atoms with E-state index in [1.165, 1.54) is 6.08 Å². The standard InChI is InChI=1S/C5H8O3S.Na.H/c1-3-5-9(6,7)8-4-2;;/h3-4H,1-2,5H2;;/q;+1;-1. The smallest absolute Gasteiger partial charge is 1.00 e. The van der Waals surface area contributed by atoms with Crippen LogP contribution < -0.4 is 29.6 Å². The van der Waals surface area contributed by atoms with E-state index in [0.717, 1.165) is 6.26 Å². The second-order valence-corrected chi connectivity index (χ2v) is 2.92. The van der Waals surface area contributed by atoms with Crippen molar-refractivity contribution in [2.45, 2.75) is 0 Å². The quantitative estimate of drug-likeness (QED) is 0.209. The number of hydrogen-bond donors (Lipinski definition) is 0. The molecule has 0 unspecified atom stereocenters. The maximum absolute atomic E-state index is 10.5. The van der Waals surface area contributed by atoms with Crippen molar-refractivity contribution >= 4 is 10.1 Å². The molecule has 0 fully saturated rings. The second-order valence-electron chi connectivity index (χ2n) is 1.28. The normalized spacial score (nSPS) is 9.20. The van der Waals surface area contributed by atoms with Crippen LogP contribution in [0.3, 0.4) is 0 Å². The summed E-state index contributed by atoms with van der Waals surface area (Å²) in [7, 11) is -3.42. The Morgan fingerprint density at radius 2 is 2.00 bits per heavy atom. The molecule has 0 aromatic heterocycles. The van der Waals surface area contributed by atoms with Gasteiger partial charge >= 0.3 is 39.7 Å². The predicted octanol–water partition coefficient (Wildman–Crippen LogP) is -2.22. The molecule has 0 aliphatic rings. The number of hydrogen-bond acceptors (Lipinski definition) is 3. The predicted molar refractivity (Wildman–Crippen MR) is 36.4 cm³/mol. The summed E-state index contributed by atoms with van der Waals surface area (Å²) >= 11 is 0. The van der Waals surface area contributed by atoms with Crippen LogP contribution in [-0.2, 0) is 14.3 Å². The summed E-state index contributed by atoms with van der Waals surface area (Å²) in [4.78, 5) is 0. The van der Waals surface area contributed by atoms with Crippen LogP contribution in [0.15, 0.2) is 25.5 Å². The van der Waals surface area contributed by atoms with Gasteiger partial charge in [-0.2, -0.15) is 8.42 Å². The second kappa shape index (κ2) is 5.97. The van der Waals surface area contributed by atoms with Crippen LogP contribution in [0.5, 0.6) is 0 Å². The molecule has 0 amide bonds.